The summed E-state index contributed by atoms with van der Waals surface area (Å²) in [4.78, 5) is 34.0. The van der Waals surface area contributed by atoms with Crippen LogP contribution in [0.25, 0.3) is 0 Å². The van der Waals surface area contributed by atoms with Gasteiger partial charge in [0, 0.05) is 12.2 Å². The summed E-state index contributed by atoms with van der Waals surface area (Å²) in [5.74, 6) is -1.65. The average Bonchev–Trinajstić information content (AvgIpc) is 2.87. The van der Waals surface area contributed by atoms with E-state index in [1.807, 2.05) is 0 Å². The first-order valence-electron chi connectivity index (χ1n) is 5.12. The van der Waals surface area contributed by atoms with Gasteiger partial charge in [0.2, 0.25) is 0 Å². The third kappa shape index (κ3) is 4.79. The van der Waals surface area contributed by atoms with Crippen molar-refractivity contribution in [2.45, 2.75) is 6.92 Å². The molecular weight excluding hydrogens is 256 g/mol. The molecule has 0 aliphatic heterocycles. The molecule has 2 N–H and O–H groups in total. The van der Waals surface area contributed by atoms with E-state index in [0.717, 1.165) is 12.2 Å². The van der Waals surface area contributed by atoms with Crippen molar-refractivity contribution in [2.75, 3.05) is 6.61 Å². The molecule has 18 heavy (non-hydrogen) atoms. The summed E-state index contributed by atoms with van der Waals surface area (Å²) < 4.78 is 4.59. The summed E-state index contributed by atoms with van der Waals surface area (Å²) >= 11 is 1.25. The Morgan fingerprint density at radius 1 is 1.33 bits per heavy atom. The maximum absolute atomic E-state index is 11.4. The van der Waals surface area contributed by atoms with E-state index >= 15 is 0 Å². The van der Waals surface area contributed by atoms with Crippen LogP contribution in [-0.2, 0) is 14.3 Å². The van der Waals surface area contributed by atoms with Gasteiger partial charge in [-0.25, -0.2) is 4.79 Å². The molecule has 0 saturated heterocycles. The molecule has 0 atom stereocenters. The van der Waals surface area contributed by atoms with Crippen LogP contribution in [0.15, 0.2) is 29.7 Å². The first-order valence-corrected chi connectivity index (χ1v) is 6.00. The van der Waals surface area contributed by atoms with Crippen molar-refractivity contribution in [3.63, 3.8) is 0 Å². The zero-order valence-electron chi connectivity index (χ0n) is 9.64. The summed E-state index contributed by atoms with van der Waals surface area (Å²) in [5.41, 5.74) is 4.35. The molecule has 0 spiro atoms. The molecule has 2 amide bonds. The Morgan fingerprint density at radius 3 is 2.72 bits per heavy atom. The van der Waals surface area contributed by atoms with Crippen LogP contribution < -0.4 is 10.9 Å². The number of ether oxygens (including phenoxy) is 1. The zero-order chi connectivity index (χ0) is 13.4. The number of esters is 1. The predicted octanol–water partition coefficient (Wildman–Crippen LogP) is 0.628. The number of hydrazine groups is 1. The van der Waals surface area contributed by atoms with E-state index in [1.165, 1.54) is 11.3 Å². The molecule has 7 heteroatoms. The lowest BCUT2D eigenvalue weighted by Gasteiger charge is -2.02. The fourth-order valence-corrected chi connectivity index (χ4v) is 1.58. The summed E-state index contributed by atoms with van der Waals surface area (Å²) in [6.45, 7) is 1.90. The Morgan fingerprint density at radius 2 is 2.11 bits per heavy atom. The number of hydrogen-bond acceptors (Lipinski definition) is 5. The van der Waals surface area contributed by atoms with Crippen molar-refractivity contribution in [1.29, 1.82) is 0 Å². The fourth-order valence-electron chi connectivity index (χ4n) is 0.963. The number of amides is 2. The monoisotopic (exact) mass is 268 g/mol. The Labute approximate surface area is 108 Å². The lowest BCUT2D eigenvalue weighted by molar-refractivity contribution is -0.137. The quantitative estimate of drug-likeness (QED) is 0.476. The summed E-state index contributed by atoms with van der Waals surface area (Å²) in [6, 6.07) is 3.35. The maximum Gasteiger partial charge on any atom is 0.330 e. The van der Waals surface area contributed by atoms with Gasteiger partial charge < -0.3 is 4.74 Å². The molecule has 0 radical (unpaired) electrons. The van der Waals surface area contributed by atoms with Crippen LogP contribution in [0.5, 0.6) is 0 Å². The van der Waals surface area contributed by atoms with Gasteiger partial charge >= 0.3 is 5.97 Å². The largest absolute Gasteiger partial charge is 0.463 e. The molecule has 0 aliphatic carbocycles. The van der Waals surface area contributed by atoms with Crippen LogP contribution in [0.3, 0.4) is 0 Å². The summed E-state index contributed by atoms with van der Waals surface area (Å²) in [6.07, 6.45) is 1.96. The van der Waals surface area contributed by atoms with E-state index in [-0.39, 0.29) is 6.61 Å². The van der Waals surface area contributed by atoms with Gasteiger partial charge in [-0.05, 0) is 18.4 Å². The predicted molar refractivity (Wildman–Crippen MR) is 65.7 cm³/mol. The van der Waals surface area contributed by atoms with E-state index in [1.54, 1.807) is 24.4 Å². The second-order valence-electron chi connectivity index (χ2n) is 3.01. The number of hydrogen-bond donors (Lipinski definition) is 2. The summed E-state index contributed by atoms with van der Waals surface area (Å²) in [5, 5.41) is 1.75. The Bertz CT molecular complexity index is 454. The molecule has 0 aromatic carbocycles. The minimum atomic E-state index is -0.618. The minimum absolute atomic E-state index is 0.236. The van der Waals surface area contributed by atoms with Gasteiger partial charge in [-0.15, -0.1) is 11.3 Å². The van der Waals surface area contributed by atoms with Crippen molar-refractivity contribution in [3.05, 3.63) is 34.5 Å². The van der Waals surface area contributed by atoms with Gasteiger partial charge in [0.1, 0.15) is 0 Å². The third-order valence-electron chi connectivity index (χ3n) is 1.70. The first-order chi connectivity index (χ1) is 8.63. The molecule has 0 bridgehead atoms. The molecule has 6 nitrogen and oxygen atoms in total. The van der Waals surface area contributed by atoms with Gasteiger partial charge in [0.25, 0.3) is 11.8 Å². The third-order valence-corrected chi connectivity index (χ3v) is 2.57. The molecule has 1 heterocycles. The van der Waals surface area contributed by atoms with Crippen LogP contribution in [0, 0.1) is 0 Å². The second kappa shape index (κ2) is 7.23. The fraction of sp³-hybridized carbons (Fsp3) is 0.182. The van der Waals surface area contributed by atoms with Crippen LogP contribution in [-0.4, -0.2) is 24.4 Å². The average molecular weight is 268 g/mol. The minimum Gasteiger partial charge on any atom is -0.463 e. The molecule has 1 rings (SSSR count). The highest BCUT2D eigenvalue weighted by Crippen LogP contribution is 2.06. The van der Waals surface area contributed by atoms with Crippen molar-refractivity contribution in [3.8, 4) is 0 Å². The number of nitrogens with one attached hydrogen (secondary N) is 2. The van der Waals surface area contributed by atoms with E-state index < -0.39 is 17.8 Å². The van der Waals surface area contributed by atoms with Crippen molar-refractivity contribution < 1.29 is 19.1 Å². The normalized spacial score (nSPS) is 10.1. The second-order valence-corrected chi connectivity index (χ2v) is 3.95. The molecule has 0 unspecified atom stereocenters. The molecule has 96 valence electrons. The first kappa shape index (κ1) is 13.9. The SMILES string of the molecule is CCOC(=O)C=CC(=O)NNC(=O)c1cccs1. The van der Waals surface area contributed by atoms with E-state index in [4.69, 9.17) is 0 Å². The Hall–Kier alpha value is -2.15. The molecule has 0 aliphatic rings. The molecule has 1 aromatic rings. The van der Waals surface area contributed by atoms with Gasteiger partial charge in [0.15, 0.2) is 0 Å². The molecule has 0 saturated carbocycles. The van der Waals surface area contributed by atoms with Gasteiger partial charge in [-0.2, -0.15) is 0 Å². The Kier molecular flexibility index (Phi) is 5.59. The van der Waals surface area contributed by atoms with Crippen molar-refractivity contribution in [2.24, 2.45) is 0 Å². The van der Waals surface area contributed by atoms with Gasteiger partial charge in [-0.1, -0.05) is 6.07 Å². The smallest absolute Gasteiger partial charge is 0.330 e. The molecule has 0 fully saturated rings. The molecular formula is C11H12N2O4S. The van der Waals surface area contributed by atoms with Crippen LogP contribution in [0.2, 0.25) is 0 Å². The summed E-state index contributed by atoms with van der Waals surface area (Å²) in [7, 11) is 0. The van der Waals surface area contributed by atoms with E-state index in [2.05, 4.69) is 15.6 Å². The van der Waals surface area contributed by atoms with E-state index in [0.29, 0.717) is 4.88 Å². The highest BCUT2D eigenvalue weighted by atomic mass is 32.1. The number of carbonyl (C=O) groups is 3. The number of rotatable bonds is 4. The maximum atomic E-state index is 11.4. The molecule has 1 aromatic heterocycles. The lowest BCUT2D eigenvalue weighted by atomic mass is 10.4. The highest BCUT2D eigenvalue weighted by Gasteiger charge is 2.06. The van der Waals surface area contributed by atoms with Crippen molar-refractivity contribution in [1.82, 2.24) is 10.9 Å². The zero-order valence-corrected chi connectivity index (χ0v) is 10.5. The number of thiophene rings is 1. The highest BCUT2D eigenvalue weighted by molar-refractivity contribution is 7.12. The van der Waals surface area contributed by atoms with Crippen LogP contribution in [0.1, 0.15) is 16.6 Å². The van der Waals surface area contributed by atoms with Gasteiger partial charge in [0.05, 0.1) is 11.5 Å². The van der Waals surface area contributed by atoms with Crippen LogP contribution >= 0.6 is 11.3 Å². The topological polar surface area (TPSA) is 84.5 Å². The van der Waals surface area contributed by atoms with Crippen LogP contribution in [0.4, 0.5) is 0 Å². The Balaban J connectivity index is 2.33. The van der Waals surface area contributed by atoms with Gasteiger partial charge in [-0.3, -0.25) is 20.4 Å². The lowest BCUT2D eigenvalue weighted by Crippen LogP contribution is -2.40. The van der Waals surface area contributed by atoms with Crippen molar-refractivity contribution >= 4 is 29.1 Å². The standard InChI is InChI=1S/C11H12N2O4S/c1-2-17-10(15)6-5-9(14)12-13-11(16)8-4-3-7-18-8/h3-7H,2H2,1H3,(H,12,14)(H,13,16). The number of carbonyl (C=O) groups excluding carboxylic acids is 3. The van der Waals surface area contributed by atoms with E-state index in [9.17, 15) is 14.4 Å².